The minimum atomic E-state index is -0.296. The van der Waals surface area contributed by atoms with Crippen LogP contribution in [0.25, 0.3) is 0 Å². The minimum Gasteiger partial charge on any atom is -0.324 e. The average molecular weight is 296 g/mol. The molecule has 4 atom stereocenters. The van der Waals surface area contributed by atoms with E-state index >= 15 is 0 Å². The number of aromatic nitrogens is 3. The third kappa shape index (κ3) is 2.21. The summed E-state index contributed by atoms with van der Waals surface area (Å²) in [4.78, 5) is 12.7. The number of amides is 1. The van der Waals surface area contributed by atoms with Crippen molar-refractivity contribution in [3.63, 3.8) is 0 Å². The number of hydrogen-bond acceptors (Lipinski definition) is 3. The highest BCUT2D eigenvalue weighted by molar-refractivity contribution is 5.93. The van der Waals surface area contributed by atoms with E-state index in [2.05, 4.69) is 34.7 Å². The molecule has 114 valence electrons. The van der Waals surface area contributed by atoms with Crippen molar-refractivity contribution in [2.24, 2.45) is 11.8 Å². The predicted octanol–water partition coefficient (Wildman–Crippen LogP) is 2.99. The van der Waals surface area contributed by atoms with E-state index in [1.807, 2.05) is 12.1 Å². The van der Waals surface area contributed by atoms with Gasteiger partial charge in [0.2, 0.25) is 5.91 Å². The minimum absolute atomic E-state index is 0.0112. The van der Waals surface area contributed by atoms with Crippen molar-refractivity contribution < 1.29 is 4.79 Å². The van der Waals surface area contributed by atoms with E-state index in [1.54, 1.807) is 17.1 Å². The van der Waals surface area contributed by atoms with Crippen LogP contribution in [0.4, 0.5) is 5.69 Å². The molecule has 1 fully saturated rings. The van der Waals surface area contributed by atoms with E-state index in [-0.39, 0.29) is 11.9 Å². The van der Waals surface area contributed by atoms with Gasteiger partial charge in [0, 0.05) is 11.9 Å². The molecule has 1 aromatic heterocycles. The summed E-state index contributed by atoms with van der Waals surface area (Å²) in [6.07, 6.45) is 6.71. The second kappa shape index (κ2) is 5.23. The zero-order chi connectivity index (χ0) is 15.1. The first kappa shape index (κ1) is 13.5. The number of anilines is 1. The Morgan fingerprint density at radius 2 is 2.05 bits per heavy atom. The lowest BCUT2D eigenvalue weighted by Gasteiger charge is -2.41. The lowest BCUT2D eigenvalue weighted by atomic mass is 9.63. The molecule has 5 rings (SSSR count). The van der Waals surface area contributed by atoms with Crippen LogP contribution in [-0.4, -0.2) is 20.9 Å². The molecule has 4 unspecified atom stereocenters. The molecule has 0 radical (unpaired) electrons. The largest absolute Gasteiger partial charge is 0.324 e. The zero-order valence-corrected chi connectivity index (χ0v) is 12.6. The summed E-state index contributed by atoms with van der Waals surface area (Å²) in [7, 11) is 0. The Balaban J connectivity index is 1.71. The first-order chi connectivity index (χ1) is 10.7. The van der Waals surface area contributed by atoms with Gasteiger partial charge in [-0.15, -0.1) is 5.10 Å². The lowest BCUT2D eigenvalue weighted by Crippen LogP contribution is -2.33. The van der Waals surface area contributed by atoms with Crippen LogP contribution in [0.2, 0.25) is 0 Å². The van der Waals surface area contributed by atoms with Crippen molar-refractivity contribution in [2.45, 2.75) is 38.1 Å². The summed E-state index contributed by atoms with van der Waals surface area (Å²) in [5.41, 5.74) is 2.25. The number of rotatable bonds is 1. The number of hydrogen-bond donors (Lipinski definition) is 1. The van der Waals surface area contributed by atoms with Crippen LogP contribution in [0, 0.1) is 11.8 Å². The smallest absolute Gasteiger partial charge is 0.249 e. The fraction of sp³-hybridized carbons (Fsp3) is 0.471. The number of benzene rings is 1. The molecule has 5 heteroatoms. The molecule has 0 spiro atoms. The molecule has 2 aromatic rings. The molecule has 5 nitrogen and oxygen atoms in total. The SMILES string of the molecule is CC1CC(n2ccnn2)C(=O)Nc2ccc(cc2)C2CCC12. The highest BCUT2D eigenvalue weighted by Gasteiger charge is 2.38. The molecule has 1 aromatic carbocycles. The highest BCUT2D eigenvalue weighted by Crippen LogP contribution is 2.48. The topological polar surface area (TPSA) is 59.8 Å². The van der Waals surface area contributed by atoms with Crippen LogP contribution in [0.5, 0.6) is 0 Å². The van der Waals surface area contributed by atoms with E-state index in [0.29, 0.717) is 17.8 Å². The number of fused-ring (bicyclic) bond motifs is 6. The molecule has 1 N–H and O–H groups in total. The maximum atomic E-state index is 12.7. The molecule has 2 bridgehead atoms. The standard InChI is InChI=1S/C17H20N4O/c1-11-10-16(21-9-8-18-20-21)17(22)19-13-4-2-12(3-5-13)15-7-6-14(11)15/h2-5,8-9,11,14-16H,6-7,10H2,1H3,(H,19,22). The third-order valence-corrected chi connectivity index (χ3v) is 5.32. The van der Waals surface area contributed by atoms with Crippen LogP contribution < -0.4 is 5.32 Å². The number of carbonyl (C=O) groups excluding carboxylic acids is 1. The van der Waals surface area contributed by atoms with Gasteiger partial charge < -0.3 is 5.32 Å². The summed E-state index contributed by atoms with van der Waals surface area (Å²) in [6.45, 7) is 2.26. The third-order valence-electron chi connectivity index (χ3n) is 5.32. The summed E-state index contributed by atoms with van der Waals surface area (Å²) in [6, 6.07) is 8.05. The molecule has 2 aliphatic heterocycles. The Bertz CT molecular complexity index is 664. The monoisotopic (exact) mass is 296 g/mol. The van der Waals surface area contributed by atoms with Gasteiger partial charge in [-0.1, -0.05) is 24.3 Å². The van der Waals surface area contributed by atoms with Crippen molar-refractivity contribution in [1.82, 2.24) is 15.0 Å². The first-order valence-electron chi connectivity index (χ1n) is 7.99. The van der Waals surface area contributed by atoms with E-state index < -0.39 is 0 Å². The summed E-state index contributed by atoms with van der Waals surface area (Å²) in [5.74, 6) is 1.76. The maximum absolute atomic E-state index is 12.7. The Hall–Kier alpha value is -2.17. The number of carbonyl (C=O) groups is 1. The second-order valence-corrected chi connectivity index (χ2v) is 6.57. The summed E-state index contributed by atoms with van der Waals surface area (Å²) >= 11 is 0. The van der Waals surface area contributed by atoms with E-state index in [1.165, 1.54) is 18.4 Å². The number of nitrogens with zero attached hydrogens (tertiary/aromatic N) is 3. The average Bonchev–Trinajstić information content (AvgIpc) is 2.98. The van der Waals surface area contributed by atoms with Crippen LogP contribution >= 0.6 is 0 Å². The molecule has 1 aliphatic carbocycles. The van der Waals surface area contributed by atoms with Crippen LogP contribution in [0.1, 0.15) is 43.7 Å². The van der Waals surface area contributed by atoms with E-state index in [0.717, 1.165) is 12.1 Å². The van der Waals surface area contributed by atoms with Gasteiger partial charge in [0.1, 0.15) is 6.04 Å². The van der Waals surface area contributed by atoms with Crippen LogP contribution in [0.15, 0.2) is 36.7 Å². The molecular formula is C17H20N4O. The Kier molecular flexibility index (Phi) is 3.21. The Morgan fingerprint density at radius 3 is 2.68 bits per heavy atom. The van der Waals surface area contributed by atoms with Gasteiger partial charge in [0.15, 0.2) is 0 Å². The van der Waals surface area contributed by atoms with Gasteiger partial charge in [-0.25, -0.2) is 4.68 Å². The highest BCUT2D eigenvalue weighted by atomic mass is 16.2. The quantitative estimate of drug-likeness (QED) is 0.880. The fourth-order valence-corrected chi connectivity index (χ4v) is 3.91. The predicted molar refractivity (Wildman–Crippen MR) is 83.4 cm³/mol. The number of nitrogens with one attached hydrogen (secondary N) is 1. The Labute approximate surface area is 129 Å². The van der Waals surface area contributed by atoms with Crippen molar-refractivity contribution in [1.29, 1.82) is 0 Å². The molecule has 3 heterocycles. The van der Waals surface area contributed by atoms with Gasteiger partial charge in [-0.2, -0.15) is 0 Å². The van der Waals surface area contributed by atoms with E-state index in [9.17, 15) is 4.79 Å². The normalized spacial score (nSPS) is 30.9. The molecule has 0 saturated heterocycles. The van der Waals surface area contributed by atoms with Crippen LogP contribution in [-0.2, 0) is 4.79 Å². The van der Waals surface area contributed by atoms with Crippen molar-refractivity contribution >= 4 is 11.6 Å². The van der Waals surface area contributed by atoms with Crippen LogP contribution in [0.3, 0.4) is 0 Å². The van der Waals surface area contributed by atoms with Gasteiger partial charge in [0.05, 0.1) is 6.20 Å². The van der Waals surface area contributed by atoms with E-state index in [4.69, 9.17) is 0 Å². The second-order valence-electron chi connectivity index (χ2n) is 6.57. The van der Waals surface area contributed by atoms with Crippen molar-refractivity contribution in [3.05, 3.63) is 42.2 Å². The summed E-state index contributed by atoms with van der Waals surface area (Å²) in [5, 5.41) is 10.9. The van der Waals surface area contributed by atoms with Gasteiger partial charge in [0.25, 0.3) is 0 Å². The molecule has 1 saturated carbocycles. The molecule has 22 heavy (non-hydrogen) atoms. The van der Waals surface area contributed by atoms with Crippen molar-refractivity contribution in [3.8, 4) is 0 Å². The van der Waals surface area contributed by atoms with Gasteiger partial charge >= 0.3 is 0 Å². The summed E-state index contributed by atoms with van der Waals surface area (Å²) < 4.78 is 1.69. The maximum Gasteiger partial charge on any atom is 0.249 e. The zero-order valence-electron chi connectivity index (χ0n) is 12.6. The van der Waals surface area contributed by atoms with Gasteiger partial charge in [-0.05, 0) is 54.7 Å². The fourth-order valence-electron chi connectivity index (χ4n) is 3.91. The first-order valence-corrected chi connectivity index (χ1v) is 7.99. The molecule has 1 amide bonds. The molecular weight excluding hydrogens is 276 g/mol. The van der Waals surface area contributed by atoms with Gasteiger partial charge in [-0.3, -0.25) is 4.79 Å². The lowest BCUT2D eigenvalue weighted by molar-refractivity contribution is -0.120. The Morgan fingerprint density at radius 1 is 1.23 bits per heavy atom. The molecule has 3 aliphatic rings. The van der Waals surface area contributed by atoms with Crippen molar-refractivity contribution in [2.75, 3.05) is 5.32 Å².